The van der Waals surface area contributed by atoms with Crippen molar-refractivity contribution in [3.63, 3.8) is 0 Å². The Bertz CT molecular complexity index is 870. The zero-order valence-corrected chi connectivity index (χ0v) is 15.8. The number of hydrogen-bond donors (Lipinski definition) is 1. The average molecular weight is 388 g/mol. The topological polar surface area (TPSA) is 50.8 Å². The standard InChI is InChI=1S/C21H22F2N2O3/c1-27-18-7-5-14(11-19(18)28-2)6-8-20(26)24-15-12-16(22)21(17(23)13-15)25-9-3-4-10-25/h5-8,11-13H,3-4,9-10H2,1-2H3,(H,24,26)/b8-6+. The highest BCUT2D eigenvalue weighted by atomic mass is 19.1. The Labute approximate surface area is 162 Å². The molecular weight excluding hydrogens is 366 g/mol. The Balaban J connectivity index is 1.70. The quantitative estimate of drug-likeness (QED) is 0.753. The molecule has 0 bridgehead atoms. The van der Waals surface area contributed by atoms with Crippen LogP contribution in [0.5, 0.6) is 11.5 Å². The number of nitrogens with zero attached hydrogens (tertiary/aromatic N) is 1. The summed E-state index contributed by atoms with van der Waals surface area (Å²) in [5.74, 6) is -0.746. The van der Waals surface area contributed by atoms with Gasteiger partial charge >= 0.3 is 0 Å². The Kier molecular flexibility index (Phi) is 6.13. The van der Waals surface area contributed by atoms with Gasteiger partial charge < -0.3 is 19.7 Å². The maximum Gasteiger partial charge on any atom is 0.248 e. The summed E-state index contributed by atoms with van der Waals surface area (Å²) in [7, 11) is 3.06. The average Bonchev–Trinajstić information content (AvgIpc) is 3.19. The molecule has 148 valence electrons. The summed E-state index contributed by atoms with van der Waals surface area (Å²) in [6.07, 6.45) is 4.69. The summed E-state index contributed by atoms with van der Waals surface area (Å²) >= 11 is 0. The summed E-state index contributed by atoms with van der Waals surface area (Å²) in [5, 5.41) is 2.48. The van der Waals surface area contributed by atoms with Gasteiger partial charge in [-0.2, -0.15) is 0 Å². The van der Waals surface area contributed by atoms with Crippen molar-refractivity contribution < 1.29 is 23.0 Å². The third-order valence-electron chi connectivity index (χ3n) is 4.54. The Morgan fingerprint density at radius 2 is 1.68 bits per heavy atom. The fourth-order valence-electron chi connectivity index (χ4n) is 3.19. The molecule has 1 N–H and O–H groups in total. The molecule has 1 amide bonds. The number of nitrogens with one attached hydrogen (secondary N) is 1. The molecule has 0 atom stereocenters. The van der Waals surface area contributed by atoms with Crippen LogP contribution in [0.25, 0.3) is 6.08 Å². The number of amides is 1. The molecule has 1 aliphatic rings. The van der Waals surface area contributed by atoms with Gasteiger partial charge in [0, 0.05) is 24.9 Å². The van der Waals surface area contributed by atoms with Crippen LogP contribution in [0.2, 0.25) is 0 Å². The smallest absolute Gasteiger partial charge is 0.248 e. The van der Waals surface area contributed by atoms with Crippen LogP contribution in [-0.2, 0) is 4.79 Å². The molecule has 3 rings (SSSR count). The summed E-state index contributed by atoms with van der Waals surface area (Å²) < 4.78 is 39.1. The molecular formula is C21H22F2N2O3. The van der Waals surface area contributed by atoms with Crippen molar-refractivity contribution in [1.82, 2.24) is 0 Å². The number of methoxy groups -OCH3 is 2. The molecule has 1 aliphatic heterocycles. The van der Waals surface area contributed by atoms with Crippen LogP contribution in [0.4, 0.5) is 20.2 Å². The Morgan fingerprint density at radius 1 is 1.04 bits per heavy atom. The normalized spacial score (nSPS) is 13.8. The number of benzene rings is 2. The maximum atomic E-state index is 14.3. The first kappa shape index (κ1) is 19.7. The molecule has 1 saturated heterocycles. The van der Waals surface area contributed by atoms with Crippen molar-refractivity contribution in [3.05, 3.63) is 53.6 Å². The first-order chi connectivity index (χ1) is 13.5. The molecule has 1 heterocycles. The largest absolute Gasteiger partial charge is 0.493 e. The summed E-state index contributed by atoms with van der Waals surface area (Å²) in [5.41, 5.74) is 0.755. The van der Waals surface area contributed by atoms with E-state index in [4.69, 9.17) is 9.47 Å². The summed E-state index contributed by atoms with van der Waals surface area (Å²) in [6, 6.07) is 7.47. The number of ether oxygens (including phenoxy) is 2. The molecule has 0 spiro atoms. The lowest BCUT2D eigenvalue weighted by Crippen LogP contribution is -2.21. The number of hydrogen-bond acceptors (Lipinski definition) is 4. The van der Waals surface area contributed by atoms with E-state index < -0.39 is 17.5 Å². The van der Waals surface area contributed by atoms with Crippen LogP contribution < -0.4 is 19.7 Å². The zero-order valence-electron chi connectivity index (χ0n) is 15.8. The zero-order chi connectivity index (χ0) is 20.1. The number of rotatable bonds is 6. The van der Waals surface area contributed by atoms with Gasteiger partial charge in [-0.1, -0.05) is 6.07 Å². The molecule has 1 fully saturated rings. The second-order valence-corrected chi connectivity index (χ2v) is 6.42. The molecule has 5 nitrogen and oxygen atoms in total. The van der Waals surface area contributed by atoms with Gasteiger partial charge in [0.15, 0.2) is 23.1 Å². The van der Waals surface area contributed by atoms with Gasteiger partial charge in [0.1, 0.15) is 5.69 Å². The van der Waals surface area contributed by atoms with Crippen LogP contribution >= 0.6 is 0 Å². The van der Waals surface area contributed by atoms with E-state index in [-0.39, 0.29) is 11.4 Å². The van der Waals surface area contributed by atoms with Gasteiger partial charge in [-0.05, 0) is 48.7 Å². The van der Waals surface area contributed by atoms with Gasteiger partial charge in [0.25, 0.3) is 0 Å². The van der Waals surface area contributed by atoms with Crippen LogP contribution in [0.15, 0.2) is 36.4 Å². The lowest BCUT2D eigenvalue weighted by molar-refractivity contribution is -0.111. The molecule has 0 radical (unpaired) electrons. The van der Waals surface area contributed by atoms with Crippen molar-refractivity contribution >= 4 is 23.4 Å². The van der Waals surface area contributed by atoms with Crippen molar-refractivity contribution in [2.75, 3.05) is 37.5 Å². The highest BCUT2D eigenvalue weighted by Gasteiger charge is 2.21. The summed E-state index contributed by atoms with van der Waals surface area (Å²) in [4.78, 5) is 13.8. The molecule has 2 aromatic carbocycles. The van der Waals surface area contributed by atoms with E-state index in [1.807, 2.05) is 0 Å². The van der Waals surface area contributed by atoms with Crippen molar-refractivity contribution in [2.45, 2.75) is 12.8 Å². The van der Waals surface area contributed by atoms with Crippen molar-refractivity contribution in [3.8, 4) is 11.5 Å². The predicted octanol–water partition coefficient (Wildman–Crippen LogP) is 4.23. The Hall–Kier alpha value is -3.09. The third kappa shape index (κ3) is 4.42. The molecule has 28 heavy (non-hydrogen) atoms. The fourth-order valence-corrected chi connectivity index (χ4v) is 3.19. The van der Waals surface area contributed by atoms with Crippen LogP contribution in [-0.4, -0.2) is 33.2 Å². The highest BCUT2D eigenvalue weighted by molar-refractivity contribution is 6.02. The summed E-state index contributed by atoms with van der Waals surface area (Å²) in [6.45, 7) is 1.27. The second-order valence-electron chi connectivity index (χ2n) is 6.42. The molecule has 0 saturated carbocycles. The van der Waals surface area contributed by atoms with Gasteiger partial charge in [0.2, 0.25) is 5.91 Å². The maximum absolute atomic E-state index is 14.3. The number of carbonyl (C=O) groups excluding carboxylic acids is 1. The number of halogens is 2. The van der Waals surface area contributed by atoms with E-state index in [1.165, 1.54) is 20.3 Å². The van der Waals surface area contributed by atoms with E-state index in [2.05, 4.69) is 5.32 Å². The van der Waals surface area contributed by atoms with E-state index in [0.717, 1.165) is 30.5 Å². The second kappa shape index (κ2) is 8.73. The van der Waals surface area contributed by atoms with E-state index in [0.29, 0.717) is 24.6 Å². The first-order valence-corrected chi connectivity index (χ1v) is 8.97. The number of anilines is 2. The van der Waals surface area contributed by atoms with Gasteiger partial charge in [0.05, 0.1) is 14.2 Å². The predicted molar refractivity (Wildman–Crippen MR) is 105 cm³/mol. The number of carbonyl (C=O) groups is 1. The van der Waals surface area contributed by atoms with Crippen LogP contribution in [0.1, 0.15) is 18.4 Å². The molecule has 0 aliphatic carbocycles. The lowest BCUT2D eigenvalue weighted by atomic mass is 10.2. The van der Waals surface area contributed by atoms with Crippen molar-refractivity contribution in [2.24, 2.45) is 0 Å². The molecule has 0 aromatic heterocycles. The minimum absolute atomic E-state index is 0.0311. The van der Waals surface area contributed by atoms with Gasteiger partial charge in [-0.15, -0.1) is 0 Å². The first-order valence-electron chi connectivity index (χ1n) is 8.97. The minimum atomic E-state index is -0.680. The highest BCUT2D eigenvalue weighted by Crippen LogP contribution is 2.30. The lowest BCUT2D eigenvalue weighted by Gasteiger charge is -2.19. The monoisotopic (exact) mass is 388 g/mol. The third-order valence-corrected chi connectivity index (χ3v) is 4.54. The van der Waals surface area contributed by atoms with E-state index >= 15 is 0 Å². The molecule has 2 aromatic rings. The van der Waals surface area contributed by atoms with Crippen LogP contribution in [0.3, 0.4) is 0 Å². The van der Waals surface area contributed by atoms with E-state index in [9.17, 15) is 13.6 Å². The van der Waals surface area contributed by atoms with Crippen LogP contribution in [0, 0.1) is 11.6 Å². The van der Waals surface area contributed by atoms with E-state index in [1.54, 1.807) is 29.2 Å². The Morgan fingerprint density at radius 3 is 2.29 bits per heavy atom. The minimum Gasteiger partial charge on any atom is -0.493 e. The van der Waals surface area contributed by atoms with Gasteiger partial charge in [-0.25, -0.2) is 8.78 Å². The van der Waals surface area contributed by atoms with Gasteiger partial charge in [-0.3, -0.25) is 4.79 Å². The molecule has 0 unspecified atom stereocenters. The SMILES string of the molecule is COc1ccc(/C=C/C(=O)Nc2cc(F)c(N3CCCC3)c(F)c2)cc1OC. The fraction of sp³-hybridized carbons (Fsp3) is 0.286. The van der Waals surface area contributed by atoms with Crippen molar-refractivity contribution in [1.29, 1.82) is 0 Å². The molecule has 7 heteroatoms.